The zero-order chi connectivity index (χ0) is 13.7. The lowest BCUT2D eigenvalue weighted by Crippen LogP contribution is -2.18. The molecular formula is C14H18N4O. The van der Waals surface area contributed by atoms with Crippen LogP contribution in [-0.2, 0) is 6.54 Å². The van der Waals surface area contributed by atoms with Gasteiger partial charge in [-0.25, -0.2) is 10.8 Å². The van der Waals surface area contributed by atoms with E-state index in [1.165, 1.54) is 5.56 Å². The smallest absolute Gasteiger partial charge is 0.142 e. The fourth-order valence-electron chi connectivity index (χ4n) is 1.80. The van der Waals surface area contributed by atoms with Gasteiger partial charge in [0.2, 0.25) is 0 Å². The van der Waals surface area contributed by atoms with Gasteiger partial charge in [0.05, 0.1) is 7.11 Å². The number of nitrogens with two attached hydrogens (primary N) is 1. The first-order valence-electron chi connectivity index (χ1n) is 6.00. The minimum absolute atomic E-state index is 0.652. The molecule has 0 aliphatic rings. The van der Waals surface area contributed by atoms with Gasteiger partial charge in [-0.05, 0) is 29.8 Å². The number of hydrogen-bond donors (Lipinski definition) is 2. The van der Waals surface area contributed by atoms with Crippen LogP contribution in [0.5, 0.6) is 5.75 Å². The molecule has 0 unspecified atom stereocenters. The number of benzene rings is 1. The van der Waals surface area contributed by atoms with Crippen molar-refractivity contribution in [3.63, 3.8) is 0 Å². The highest BCUT2D eigenvalue weighted by atomic mass is 16.5. The van der Waals surface area contributed by atoms with Gasteiger partial charge in [-0.1, -0.05) is 18.2 Å². The molecule has 0 amide bonds. The van der Waals surface area contributed by atoms with Crippen molar-refractivity contribution < 1.29 is 4.74 Å². The van der Waals surface area contributed by atoms with Crippen LogP contribution in [0, 0.1) is 0 Å². The molecule has 1 heterocycles. The Hall–Kier alpha value is -2.27. The molecule has 0 atom stereocenters. The van der Waals surface area contributed by atoms with Crippen LogP contribution >= 0.6 is 0 Å². The number of hydrazine groups is 1. The summed E-state index contributed by atoms with van der Waals surface area (Å²) in [5.74, 6) is 7.74. The van der Waals surface area contributed by atoms with E-state index in [2.05, 4.69) is 15.3 Å². The van der Waals surface area contributed by atoms with Crippen molar-refractivity contribution in [1.82, 2.24) is 4.98 Å². The number of hydrogen-bond acceptors (Lipinski definition) is 5. The van der Waals surface area contributed by atoms with Crippen molar-refractivity contribution in [3.05, 3.63) is 48.0 Å². The number of rotatable bonds is 5. The van der Waals surface area contributed by atoms with E-state index in [1.54, 1.807) is 7.11 Å². The fraction of sp³-hybridized carbons (Fsp3) is 0.214. The van der Waals surface area contributed by atoms with E-state index in [0.717, 1.165) is 18.1 Å². The van der Waals surface area contributed by atoms with Crippen molar-refractivity contribution in [3.8, 4) is 5.75 Å². The maximum Gasteiger partial charge on any atom is 0.142 e. The third-order valence-corrected chi connectivity index (χ3v) is 2.85. The largest absolute Gasteiger partial charge is 0.497 e. The third-order valence-electron chi connectivity index (χ3n) is 2.85. The molecule has 2 aromatic rings. The van der Waals surface area contributed by atoms with E-state index in [-0.39, 0.29) is 0 Å². The number of methoxy groups -OCH3 is 1. The van der Waals surface area contributed by atoms with Crippen molar-refractivity contribution >= 4 is 11.6 Å². The van der Waals surface area contributed by atoms with Gasteiger partial charge >= 0.3 is 0 Å². The molecule has 0 bridgehead atoms. The van der Waals surface area contributed by atoms with Crippen LogP contribution in [0.3, 0.4) is 0 Å². The number of ether oxygens (including phenoxy) is 1. The molecule has 0 radical (unpaired) electrons. The van der Waals surface area contributed by atoms with E-state index >= 15 is 0 Å². The van der Waals surface area contributed by atoms with E-state index < -0.39 is 0 Å². The molecule has 0 saturated carbocycles. The van der Waals surface area contributed by atoms with Crippen LogP contribution in [0.25, 0.3) is 0 Å². The van der Waals surface area contributed by atoms with Crippen molar-refractivity contribution in [2.24, 2.45) is 5.84 Å². The summed E-state index contributed by atoms with van der Waals surface area (Å²) in [5, 5.41) is 0. The standard InChI is InChI=1S/C14H18N4O/c1-18(14-5-3-4-13(16-14)17-15)10-11-6-8-12(19-2)9-7-11/h3-9H,10,15H2,1-2H3,(H,16,17). The topological polar surface area (TPSA) is 63.4 Å². The lowest BCUT2D eigenvalue weighted by Gasteiger charge is -2.19. The monoisotopic (exact) mass is 258 g/mol. The normalized spacial score (nSPS) is 10.1. The summed E-state index contributed by atoms with van der Waals surface area (Å²) in [4.78, 5) is 6.44. The van der Waals surface area contributed by atoms with Gasteiger partial charge < -0.3 is 15.1 Å². The molecule has 19 heavy (non-hydrogen) atoms. The number of anilines is 2. The van der Waals surface area contributed by atoms with Gasteiger partial charge in [-0.15, -0.1) is 0 Å². The average Bonchev–Trinajstić information content (AvgIpc) is 2.48. The first-order chi connectivity index (χ1) is 9.22. The van der Waals surface area contributed by atoms with Crippen LogP contribution < -0.4 is 20.9 Å². The summed E-state index contributed by atoms with van der Waals surface area (Å²) < 4.78 is 5.14. The Morgan fingerprint density at radius 3 is 2.58 bits per heavy atom. The molecule has 0 fully saturated rings. The number of nitrogens with zero attached hydrogens (tertiary/aromatic N) is 2. The molecule has 3 N–H and O–H groups in total. The van der Waals surface area contributed by atoms with E-state index in [4.69, 9.17) is 10.6 Å². The van der Waals surface area contributed by atoms with Gasteiger partial charge in [0.25, 0.3) is 0 Å². The highest BCUT2D eigenvalue weighted by Crippen LogP contribution is 2.17. The Morgan fingerprint density at radius 2 is 1.95 bits per heavy atom. The van der Waals surface area contributed by atoms with Crippen LogP contribution in [0.1, 0.15) is 5.56 Å². The quantitative estimate of drug-likeness (QED) is 0.634. The second kappa shape index (κ2) is 6.06. The Kier molecular flexibility index (Phi) is 4.20. The molecule has 0 aliphatic carbocycles. The molecule has 1 aromatic heterocycles. The molecule has 0 saturated heterocycles. The van der Waals surface area contributed by atoms with Crippen LogP contribution in [0.4, 0.5) is 11.6 Å². The summed E-state index contributed by atoms with van der Waals surface area (Å²) in [6.07, 6.45) is 0. The molecule has 1 aromatic carbocycles. The molecular weight excluding hydrogens is 240 g/mol. The minimum atomic E-state index is 0.652. The summed E-state index contributed by atoms with van der Waals surface area (Å²) in [6, 6.07) is 13.7. The third kappa shape index (κ3) is 3.35. The number of nitrogen functional groups attached to an aromatic ring is 1. The van der Waals surface area contributed by atoms with Gasteiger partial charge in [0.1, 0.15) is 17.4 Å². The lowest BCUT2D eigenvalue weighted by atomic mass is 10.2. The summed E-state index contributed by atoms with van der Waals surface area (Å²) in [5.41, 5.74) is 3.74. The summed E-state index contributed by atoms with van der Waals surface area (Å²) in [6.45, 7) is 0.769. The van der Waals surface area contributed by atoms with Crippen molar-refractivity contribution in [2.75, 3.05) is 24.5 Å². The Labute approximate surface area is 113 Å². The predicted molar refractivity (Wildman–Crippen MR) is 77.1 cm³/mol. The molecule has 2 rings (SSSR count). The van der Waals surface area contributed by atoms with E-state index in [1.807, 2.05) is 49.5 Å². The Morgan fingerprint density at radius 1 is 1.21 bits per heavy atom. The van der Waals surface area contributed by atoms with E-state index in [0.29, 0.717) is 5.82 Å². The summed E-state index contributed by atoms with van der Waals surface area (Å²) >= 11 is 0. The van der Waals surface area contributed by atoms with Gasteiger partial charge in [-0.2, -0.15) is 0 Å². The van der Waals surface area contributed by atoms with Crippen LogP contribution in [0.2, 0.25) is 0 Å². The van der Waals surface area contributed by atoms with Gasteiger partial charge in [-0.3, -0.25) is 0 Å². The SMILES string of the molecule is COc1ccc(CN(C)c2cccc(NN)n2)cc1. The second-order valence-electron chi connectivity index (χ2n) is 4.23. The summed E-state index contributed by atoms with van der Waals surface area (Å²) in [7, 11) is 3.66. The predicted octanol–water partition coefficient (Wildman–Crippen LogP) is 2.01. The molecule has 0 aliphatic heterocycles. The van der Waals surface area contributed by atoms with Crippen LogP contribution in [0.15, 0.2) is 42.5 Å². The zero-order valence-corrected chi connectivity index (χ0v) is 11.1. The van der Waals surface area contributed by atoms with Crippen LogP contribution in [-0.4, -0.2) is 19.1 Å². The Bertz CT molecular complexity index is 527. The minimum Gasteiger partial charge on any atom is -0.497 e. The zero-order valence-electron chi connectivity index (χ0n) is 11.1. The average molecular weight is 258 g/mol. The van der Waals surface area contributed by atoms with Crippen molar-refractivity contribution in [2.45, 2.75) is 6.54 Å². The molecule has 0 spiro atoms. The van der Waals surface area contributed by atoms with Gasteiger partial charge in [0.15, 0.2) is 0 Å². The number of pyridine rings is 1. The van der Waals surface area contributed by atoms with Crippen molar-refractivity contribution in [1.29, 1.82) is 0 Å². The molecule has 5 heteroatoms. The first-order valence-corrected chi connectivity index (χ1v) is 6.00. The number of nitrogens with one attached hydrogen (secondary N) is 1. The highest BCUT2D eigenvalue weighted by Gasteiger charge is 2.04. The second-order valence-corrected chi connectivity index (χ2v) is 4.23. The lowest BCUT2D eigenvalue weighted by molar-refractivity contribution is 0.414. The first kappa shape index (κ1) is 13.2. The van der Waals surface area contributed by atoms with Gasteiger partial charge in [0, 0.05) is 13.6 Å². The van der Waals surface area contributed by atoms with E-state index in [9.17, 15) is 0 Å². The maximum absolute atomic E-state index is 5.36. The fourth-order valence-corrected chi connectivity index (χ4v) is 1.80. The Balaban J connectivity index is 2.08. The molecule has 100 valence electrons. The highest BCUT2D eigenvalue weighted by molar-refractivity contribution is 5.46. The molecule has 5 nitrogen and oxygen atoms in total. The number of aromatic nitrogens is 1. The maximum atomic E-state index is 5.36.